The molecule has 0 aliphatic rings. The standard InChI is InChI=1S/C13H13Br2N3O/c1-19-10-4-8(6-17-7-10)13(18-16)11-5-9(14)2-3-12(11)15/h2-7,13,18H,16H2,1H3. The summed E-state index contributed by atoms with van der Waals surface area (Å²) in [5, 5.41) is 0. The summed E-state index contributed by atoms with van der Waals surface area (Å²) in [4.78, 5) is 4.15. The fourth-order valence-electron chi connectivity index (χ4n) is 1.81. The number of nitrogens with zero attached hydrogens (tertiary/aromatic N) is 1. The van der Waals surface area contributed by atoms with Crippen LogP contribution in [0.4, 0.5) is 0 Å². The molecule has 0 radical (unpaired) electrons. The minimum Gasteiger partial charge on any atom is -0.495 e. The number of hydrogen-bond donors (Lipinski definition) is 2. The molecule has 1 unspecified atom stereocenters. The minimum absolute atomic E-state index is 0.172. The van der Waals surface area contributed by atoms with E-state index in [4.69, 9.17) is 10.6 Å². The normalized spacial score (nSPS) is 12.2. The van der Waals surface area contributed by atoms with Gasteiger partial charge in [0.1, 0.15) is 5.75 Å². The van der Waals surface area contributed by atoms with E-state index in [1.165, 1.54) is 0 Å². The van der Waals surface area contributed by atoms with E-state index in [2.05, 4.69) is 42.3 Å². The molecule has 0 fully saturated rings. The smallest absolute Gasteiger partial charge is 0.137 e. The number of ether oxygens (including phenoxy) is 1. The van der Waals surface area contributed by atoms with Gasteiger partial charge in [-0.1, -0.05) is 31.9 Å². The van der Waals surface area contributed by atoms with Crippen LogP contribution in [0.15, 0.2) is 45.6 Å². The van der Waals surface area contributed by atoms with Gasteiger partial charge in [0, 0.05) is 15.1 Å². The van der Waals surface area contributed by atoms with E-state index in [0.29, 0.717) is 5.75 Å². The van der Waals surface area contributed by atoms with E-state index in [9.17, 15) is 0 Å². The van der Waals surface area contributed by atoms with Gasteiger partial charge in [-0.05, 0) is 35.4 Å². The Labute approximate surface area is 128 Å². The number of pyridine rings is 1. The highest BCUT2D eigenvalue weighted by Gasteiger charge is 2.16. The van der Waals surface area contributed by atoms with Gasteiger partial charge in [0.05, 0.1) is 19.3 Å². The number of nitrogens with one attached hydrogen (secondary N) is 1. The van der Waals surface area contributed by atoms with Crippen LogP contribution in [0.25, 0.3) is 0 Å². The molecule has 2 rings (SSSR count). The maximum Gasteiger partial charge on any atom is 0.137 e. The summed E-state index contributed by atoms with van der Waals surface area (Å²) in [6.45, 7) is 0. The maximum atomic E-state index is 5.69. The summed E-state index contributed by atoms with van der Waals surface area (Å²) in [6, 6.07) is 7.68. The fourth-order valence-corrected chi connectivity index (χ4v) is 2.66. The summed E-state index contributed by atoms with van der Waals surface area (Å²) in [5.41, 5.74) is 4.76. The number of aromatic nitrogens is 1. The second-order valence-corrected chi connectivity index (χ2v) is 5.69. The van der Waals surface area contributed by atoms with Gasteiger partial charge in [0.15, 0.2) is 0 Å². The van der Waals surface area contributed by atoms with Crippen LogP contribution in [0.3, 0.4) is 0 Å². The van der Waals surface area contributed by atoms with E-state index in [1.807, 2.05) is 24.3 Å². The molecule has 1 aromatic heterocycles. The Morgan fingerprint density at radius 2 is 2.05 bits per heavy atom. The van der Waals surface area contributed by atoms with Gasteiger partial charge in [-0.2, -0.15) is 0 Å². The van der Waals surface area contributed by atoms with Gasteiger partial charge in [-0.25, -0.2) is 5.43 Å². The number of hydrogen-bond acceptors (Lipinski definition) is 4. The van der Waals surface area contributed by atoms with Crippen LogP contribution in [0.1, 0.15) is 17.2 Å². The SMILES string of the molecule is COc1cncc(C(NN)c2cc(Br)ccc2Br)c1. The monoisotopic (exact) mass is 385 g/mol. The third-order valence-corrected chi connectivity index (χ3v) is 3.95. The maximum absolute atomic E-state index is 5.69. The molecule has 0 saturated heterocycles. The average Bonchev–Trinajstić information content (AvgIpc) is 2.44. The van der Waals surface area contributed by atoms with E-state index in [1.54, 1.807) is 19.5 Å². The lowest BCUT2D eigenvalue weighted by Gasteiger charge is -2.19. The molecule has 1 heterocycles. The Hall–Kier alpha value is -0.950. The van der Waals surface area contributed by atoms with Crippen molar-refractivity contribution in [1.29, 1.82) is 0 Å². The molecule has 4 nitrogen and oxygen atoms in total. The number of hydrazine groups is 1. The Balaban J connectivity index is 2.46. The van der Waals surface area contributed by atoms with E-state index >= 15 is 0 Å². The van der Waals surface area contributed by atoms with E-state index < -0.39 is 0 Å². The topological polar surface area (TPSA) is 60.2 Å². The highest BCUT2D eigenvalue weighted by Crippen LogP contribution is 2.31. The molecule has 1 aromatic carbocycles. The van der Waals surface area contributed by atoms with E-state index in [0.717, 1.165) is 20.1 Å². The first-order valence-electron chi connectivity index (χ1n) is 5.55. The van der Waals surface area contributed by atoms with Crippen molar-refractivity contribution in [3.63, 3.8) is 0 Å². The van der Waals surface area contributed by atoms with E-state index in [-0.39, 0.29) is 6.04 Å². The van der Waals surface area contributed by atoms with Crippen molar-refractivity contribution in [1.82, 2.24) is 10.4 Å². The molecule has 0 aliphatic carbocycles. The predicted octanol–water partition coefficient (Wildman–Crippen LogP) is 3.17. The van der Waals surface area contributed by atoms with Crippen molar-refractivity contribution in [3.8, 4) is 5.75 Å². The Kier molecular flexibility index (Phi) is 4.93. The quantitative estimate of drug-likeness (QED) is 0.625. The molecule has 3 N–H and O–H groups in total. The van der Waals surface area contributed by atoms with Crippen molar-refractivity contribution in [2.24, 2.45) is 5.84 Å². The lowest BCUT2D eigenvalue weighted by atomic mass is 10.0. The molecular formula is C13H13Br2N3O. The minimum atomic E-state index is -0.172. The second-order valence-electron chi connectivity index (χ2n) is 3.92. The average molecular weight is 387 g/mol. The molecule has 0 bridgehead atoms. The molecular weight excluding hydrogens is 374 g/mol. The van der Waals surface area contributed by atoms with Crippen molar-refractivity contribution >= 4 is 31.9 Å². The Morgan fingerprint density at radius 1 is 1.26 bits per heavy atom. The zero-order chi connectivity index (χ0) is 13.8. The van der Waals surface area contributed by atoms with Gasteiger partial charge in [-0.3, -0.25) is 10.8 Å². The van der Waals surface area contributed by atoms with Crippen LogP contribution in [-0.2, 0) is 0 Å². The van der Waals surface area contributed by atoms with Crippen LogP contribution in [0.5, 0.6) is 5.75 Å². The second kappa shape index (κ2) is 6.47. The zero-order valence-corrected chi connectivity index (χ0v) is 13.4. The van der Waals surface area contributed by atoms with Gasteiger partial charge in [-0.15, -0.1) is 0 Å². The predicted molar refractivity (Wildman–Crippen MR) is 81.8 cm³/mol. The third kappa shape index (κ3) is 3.33. The molecule has 2 aromatic rings. The first-order chi connectivity index (χ1) is 9.15. The van der Waals surface area contributed by atoms with Crippen LogP contribution in [-0.4, -0.2) is 12.1 Å². The lowest BCUT2D eigenvalue weighted by Crippen LogP contribution is -2.29. The fraction of sp³-hybridized carbons (Fsp3) is 0.154. The molecule has 100 valence electrons. The van der Waals surface area contributed by atoms with Crippen LogP contribution >= 0.6 is 31.9 Å². The summed E-state index contributed by atoms with van der Waals surface area (Å²) in [7, 11) is 1.61. The van der Waals surface area contributed by atoms with Gasteiger partial charge in [0.2, 0.25) is 0 Å². The molecule has 6 heteroatoms. The summed E-state index contributed by atoms with van der Waals surface area (Å²) in [6.07, 6.45) is 3.42. The van der Waals surface area contributed by atoms with Gasteiger partial charge < -0.3 is 4.74 Å². The first kappa shape index (κ1) is 14.5. The van der Waals surface area contributed by atoms with Crippen molar-refractivity contribution < 1.29 is 4.74 Å². The van der Waals surface area contributed by atoms with Crippen LogP contribution in [0.2, 0.25) is 0 Å². The highest BCUT2D eigenvalue weighted by molar-refractivity contribution is 9.11. The number of nitrogens with two attached hydrogens (primary N) is 1. The summed E-state index contributed by atoms with van der Waals surface area (Å²) < 4.78 is 7.15. The van der Waals surface area contributed by atoms with Crippen molar-refractivity contribution in [3.05, 3.63) is 56.7 Å². The molecule has 0 spiro atoms. The lowest BCUT2D eigenvalue weighted by molar-refractivity contribution is 0.411. The number of halogens is 2. The number of methoxy groups -OCH3 is 1. The molecule has 0 aliphatic heterocycles. The molecule has 1 atom stereocenters. The summed E-state index contributed by atoms with van der Waals surface area (Å²) in [5.74, 6) is 6.39. The Morgan fingerprint density at radius 3 is 2.74 bits per heavy atom. The van der Waals surface area contributed by atoms with Crippen molar-refractivity contribution in [2.75, 3.05) is 7.11 Å². The zero-order valence-electron chi connectivity index (χ0n) is 10.2. The van der Waals surface area contributed by atoms with Crippen molar-refractivity contribution in [2.45, 2.75) is 6.04 Å². The summed E-state index contributed by atoms with van der Waals surface area (Å²) >= 11 is 7.00. The highest BCUT2D eigenvalue weighted by atomic mass is 79.9. The third-order valence-electron chi connectivity index (χ3n) is 2.74. The first-order valence-corrected chi connectivity index (χ1v) is 7.14. The molecule has 0 amide bonds. The number of rotatable bonds is 4. The van der Waals surface area contributed by atoms with Crippen LogP contribution < -0.4 is 16.0 Å². The largest absolute Gasteiger partial charge is 0.495 e. The molecule has 19 heavy (non-hydrogen) atoms. The van der Waals surface area contributed by atoms with Gasteiger partial charge in [0.25, 0.3) is 0 Å². The van der Waals surface area contributed by atoms with Crippen LogP contribution in [0, 0.1) is 0 Å². The number of benzene rings is 1. The van der Waals surface area contributed by atoms with Gasteiger partial charge >= 0.3 is 0 Å². The molecule has 0 saturated carbocycles. The Bertz CT molecular complexity index is 578.